The molecule has 0 spiro atoms. The minimum Gasteiger partial charge on any atom is -0.376 e. The van der Waals surface area contributed by atoms with Gasteiger partial charge < -0.3 is 19.3 Å². The Kier molecular flexibility index (Phi) is 7.66. The molecule has 2 N–H and O–H groups in total. The van der Waals surface area contributed by atoms with E-state index in [1.165, 1.54) is 0 Å². The maximum absolute atomic E-state index is 12.2. The lowest BCUT2D eigenvalue weighted by Gasteiger charge is -2.10. The molecule has 0 atom stereocenters. The first-order chi connectivity index (χ1) is 20.0. The van der Waals surface area contributed by atoms with Gasteiger partial charge in [-0.2, -0.15) is 0 Å². The zero-order valence-corrected chi connectivity index (χ0v) is 27.7. The molecule has 0 radical (unpaired) electrons. The Balaban J connectivity index is 0.000000150. The Morgan fingerprint density at radius 2 is 1.50 bits per heavy atom. The zero-order valence-electron chi connectivity index (χ0n) is 23.4. The van der Waals surface area contributed by atoms with Gasteiger partial charge in [-0.15, -0.1) is 0 Å². The van der Waals surface area contributed by atoms with Crippen molar-refractivity contribution in [2.75, 3.05) is 5.32 Å². The molecule has 5 aromatic rings. The van der Waals surface area contributed by atoms with Gasteiger partial charge in [-0.3, -0.25) is 14.7 Å². The molecule has 0 saturated heterocycles. The smallest absolute Gasteiger partial charge is 0.326 e. The number of rotatable bonds is 6. The van der Waals surface area contributed by atoms with E-state index in [9.17, 15) is 14.9 Å². The third kappa shape index (κ3) is 5.47. The van der Waals surface area contributed by atoms with Gasteiger partial charge in [0.15, 0.2) is 0 Å². The van der Waals surface area contributed by atoms with Crippen LogP contribution in [-0.4, -0.2) is 30.8 Å². The van der Waals surface area contributed by atoms with Crippen LogP contribution in [-0.2, 0) is 0 Å². The minimum absolute atomic E-state index is 0.0127. The first-order valence-electron chi connectivity index (χ1n) is 13.6. The predicted molar refractivity (Wildman–Crippen MR) is 176 cm³/mol. The van der Waals surface area contributed by atoms with Crippen LogP contribution in [0.2, 0.25) is 0 Å². The summed E-state index contributed by atoms with van der Waals surface area (Å²) in [5.41, 5.74) is 7.84. The van der Waals surface area contributed by atoms with E-state index >= 15 is 0 Å². The van der Waals surface area contributed by atoms with E-state index in [0.29, 0.717) is 23.5 Å². The molecule has 7 rings (SSSR count). The topological polar surface area (TPSA) is 145 Å². The molecule has 42 heavy (non-hydrogen) atoms. The fourth-order valence-corrected chi connectivity index (χ4v) is 6.94. The summed E-state index contributed by atoms with van der Waals surface area (Å²) in [5.74, 6) is 1.46. The van der Waals surface area contributed by atoms with Crippen LogP contribution in [0.25, 0.3) is 33.3 Å². The number of imidazole rings is 1. The van der Waals surface area contributed by atoms with Gasteiger partial charge in [0.05, 0.1) is 27.3 Å². The fourth-order valence-electron chi connectivity index (χ4n) is 5.29. The highest BCUT2D eigenvalue weighted by atomic mass is 127. The zero-order chi connectivity index (χ0) is 29.9. The van der Waals surface area contributed by atoms with Gasteiger partial charge in [0.2, 0.25) is 0 Å². The van der Waals surface area contributed by atoms with Crippen LogP contribution in [0, 0.1) is 44.9 Å². The number of aryl methyl sites for hydroxylation is 4. The Hall–Kier alpha value is -3.21. The number of aromatic nitrogens is 4. The summed E-state index contributed by atoms with van der Waals surface area (Å²) in [4.78, 5) is 26.2. The number of anilines is 1. The number of hydrogen-bond acceptors (Lipinski definition) is 8. The van der Waals surface area contributed by atoms with Crippen LogP contribution in [0.15, 0.2) is 38.1 Å². The fraction of sp³-hybridized carbons (Fsp3) is 0.345. The van der Waals surface area contributed by atoms with Gasteiger partial charge in [0, 0.05) is 36.4 Å². The van der Waals surface area contributed by atoms with Crippen molar-refractivity contribution in [1.29, 1.82) is 0 Å². The van der Waals surface area contributed by atoms with E-state index in [1.807, 2.05) is 44.4 Å². The highest BCUT2D eigenvalue weighted by molar-refractivity contribution is 14.1. The van der Waals surface area contributed by atoms with Gasteiger partial charge in [-0.1, -0.05) is 10.3 Å². The van der Waals surface area contributed by atoms with Crippen LogP contribution >= 0.6 is 45.2 Å². The highest BCUT2D eigenvalue weighted by Gasteiger charge is 2.29. The Labute approximate surface area is 267 Å². The third-order valence-corrected chi connectivity index (χ3v) is 9.19. The second-order valence-corrected chi connectivity index (χ2v) is 13.1. The molecule has 2 aliphatic carbocycles. The van der Waals surface area contributed by atoms with Gasteiger partial charge >= 0.3 is 5.69 Å². The summed E-state index contributed by atoms with van der Waals surface area (Å²) < 4.78 is 14.2. The molecule has 3 heterocycles. The van der Waals surface area contributed by atoms with Crippen molar-refractivity contribution in [3.8, 4) is 22.3 Å². The quantitative estimate of drug-likeness (QED) is 0.102. The van der Waals surface area contributed by atoms with Crippen LogP contribution < -0.4 is 11.0 Å². The first kappa shape index (κ1) is 28.9. The molecule has 0 aliphatic heterocycles. The molecule has 11 nitrogen and oxygen atoms in total. The molecule has 13 heteroatoms. The molecule has 3 aromatic heterocycles. The number of halogens is 2. The summed E-state index contributed by atoms with van der Waals surface area (Å²) in [7, 11) is 0. The summed E-state index contributed by atoms with van der Waals surface area (Å²) >= 11 is 4.44. The molecule has 2 fully saturated rings. The normalized spacial score (nSPS) is 14.6. The van der Waals surface area contributed by atoms with Gasteiger partial charge in [-0.25, -0.2) is 4.79 Å². The maximum Gasteiger partial charge on any atom is 0.326 e. The van der Waals surface area contributed by atoms with Crippen LogP contribution in [0.3, 0.4) is 0 Å². The summed E-state index contributed by atoms with van der Waals surface area (Å²) in [5, 5.41) is 22.6. The van der Waals surface area contributed by atoms with E-state index in [4.69, 9.17) is 9.05 Å². The predicted octanol–water partition coefficient (Wildman–Crippen LogP) is 7.59. The maximum atomic E-state index is 12.2. The number of nitrogens with one attached hydrogen (secondary N) is 2. The van der Waals surface area contributed by atoms with E-state index in [0.717, 1.165) is 83.3 Å². The monoisotopic (exact) mass is 794 g/mol. The van der Waals surface area contributed by atoms with Crippen molar-refractivity contribution in [2.45, 2.75) is 65.5 Å². The third-order valence-electron chi connectivity index (χ3n) is 7.51. The lowest BCUT2D eigenvalue weighted by molar-refractivity contribution is -0.384. The molecule has 2 saturated carbocycles. The average Bonchev–Trinajstić information content (AvgIpc) is 3.84. The number of benzene rings is 2. The number of H-pyrrole nitrogens is 1. The number of fused-ring (bicyclic) bond motifs is 1. The van der Waals surface area contributed by atoms with E-state index in [2.05, 4.69) is 71.9 Å². The summed E-state index contributed by atoms with van der Waals surface area (Å²) in [6.45, 7) is 7.48. The number of nitrogens with zero attached hydrogens (tertiary/aromatic N) is 4. The summed E-state index contributed by atoms with van der Waals surface area (Å²) in [6.07, 6.45) is 4.32. The molecule has 2 aromatic carbocycles. The molecule has 0 amide bonds. The Bertz CT molecular complexity index is 1870. The lowest BCUT2D eigenvalue weighted by atomic mass is 10.0. The SMILES string of the molecule is Cc1noc(C)c1-c1cc(I)c(NC2CC2)c([N+](=O)[O-])c1.Cc1noc(C)c1-c1cc(I)c2c(c1)[nH]c(=O)n2C1CC1. The van der Waals surface area contributed by atoms with Crippen LogP contribution in [0.1, 0.15) is 54.6 Å². The Morgan fingerprint density at radius 3 is 2.00 bits per heavy atom. The van der Waals surface area contributed by atoms with E-state index in [1.54, 1.807) is 6.07 Å². The van der Waals surface area contributed by atoms with Crippen molar-refractivity contribution in [3.05, 3.63) is 74.9 Å². The molecule has 218 valence electrons. The molecule has 2 aliphatic rings. The number of nitro groups is 1. The van der Waals surface area contributed by atoms with Crippen molar-refractivity contribution in [3.63, 3.8) is 0 Å². The van der Waals surface area contributed by atoms with Crippen LogP contribution in [0.4, 0.5) is 11.4 Å². The van der Waals surface area contributed by atoms with Gasteiger partial charge in [0.1, 0.15) is 17.2 Å². The van der Waals surface area contributed by atoms with Crippen molar-refractivity contribution in [2.24, 2.45) is 0 Å². The summed E-state index contributed by atoms with van der Waals surface area (Å²) in [6, 6.07) is 8.38. The average molecular weight is 794 g/mol. The standard InChI is InChI=1S/C15H14IN3O2.C14H14IN3O3/c1-7-13(8(2)21-18-7)9-5-11(16)14-12(6-9)17-15(20)19(14)10-3-4-10;1-7-13(8(2)21-17-7)9-5-11(15)14(16-10-3-4-10)12(6-9)18(19)20/h5-6,10H,3-4H2,1-2H3,(H,17,20);5-6,10,16H,3-4H2,1-2H3. The van der Waals surface area contributed by atoms with Crippen LogP contribution in [0.5, 0.6) is 0 Å². The highest BCUT2D eigenvalue weighted by Crippen LogP contribution is 2.40. The largest absolute Gasteiger partial charge is 0.376 e. The van der Waals surface area contributed by atoms with E-state index < -0.39 is 0 Å². The van der Waals surface area contributed by atoms with Gasteiger partial charge in [0.25, 0.3) is 5.69 Å². The second-order valence-electron chi connectivity index (χ2n) is 10.8. The second kappa shape index (κ2) is 11.1. The Morgan fingerprint density at radius 1 is 0.929 bits per heavy atom. The number of aromatic amines is 1. The number of hydrogen-bond donors (Lipinski definition) is 2. The molecule has 0 unspecified atom stereocenters. The van der Waals surface area contributed by atoms with Gasteiger partial charge in [-0.05, 0) is 128 Å². The molecular formula is C29H28I2N6O5. The lowest BCUT2D eigenvalue weighted by Crippen LogP contribution is -2.15. The first-order valence-corrected chi connectivity index (χ1v) is 15.7. The molecule has 0 bridgehead atoms. The van der Waals surface area contributed by atoms with E-state index in [-0.39, 0.29) is 16.3 Å². The van der Waals surface area contributed by atoms with Crippen molar-refractivity contribution < 1.29 is 14.0 Å². The number of nitro benzene ring substituents is 1. The minimum atomic E-state index is -0.339. The molecular weight excluding hydrogens is 766 g/mol. The van der Waals surface area contributed by atoms with Crippen molar-refractivity contribution >= 4 is 67.6 Å². The van der Waals surface area contributed by atoms with Crippen molar-refractivity contribution in [1.82, 2.24) is 19.9 Å².